The Morgan fingerprint density at radius 2 is 2.17 bits per heavy atom. The minimum Gasteiger partial charge on any atom is -0.303 e. The molecule has 0 spiro atoms. The molecular formula is C13H16N4O. The number of pyridine rings is 1. The Morgan fingerprint density at radius 1 is 1.33 bits per heavy atom. The van der Waals surface area contributed by atoms with Crippen molar-refractivity contribution in [1.29, 1.82) is 0 Å². The van der Waals surface area contributed by atoms with E-state index in [1.54, 1.807) is 22.8 Å². The van der Waals surface area contributed by atoms with Crippen molar-refractivity contribution in [3.63, 3.8) is 0 Å². The molecule has 0 aliphatic carbocycles. The second kappa shape index (κ2) is 4.86. The van der Waals surface area contributed by atoms with E-state index in [4.69, 9.17) is 0 Å². The van der Waals surface area contributed by atoms with Crippen molar-refractivity contribution in [2.24, 2.45) is 0 Å². The van der Waals surface area contributed by atoms with E-state index in [1.807, 2.05) is 0 Å². The lowest BCUT2D eigenvalue weighted by molar-refractivity contribution is 0.112. The number of rotatable bonds is 4. The Balaban J connectivity index is 1.73. The molecule has 0 saturated carbocycles. The average molecular weight is 244 g/mol. The third kappa shape index (κ3) is 2.26. The van der Waals surface area contributed by atoms with Crippen LogP contribution in [0.5, 0.6) is 0 Å². The molecule has 3 rings (SSSR count). The molecule has 0 aromatic carbocycles. The van der Waals surface area contributed by atoms with Crippen molar-refractivity contribution in [3.05, 3.63) is 29.7 Å². The van der Waals surface area contributed by atoms with Crippen molar-refractivity contribution < 1.29 is 4.79 Å². The van der Waals surface area contributed by atoms with Gasteiger partial charge in [0.25, 0.3) is 0 Å². The molecular weight excluding hydrogens is 228 g/mol. The Bertz CT molecular complexity index is 557. The highest BCUT2D eigenvalue weighted by Gasteiger charge is 2.12. The summed E-state index contributed by atoms with van der Waals surface area (Å²) in [5.74, 6) is 0.852. The van der Waals surface area contributed by atoms with E-state index in [1.165, 1.54) is 25.9 Å². The summed E-state index contributed by atoms with van der Waals surface area (Å²) in [6.45, 7) is 3.42. The number of fused-ring (bicyclic) bond motifs is 1. The minimum atomic E-state index is 0.640. The molecule has 0 N–H and O–H groups in total. The van der Waals surface area contributed by atoms with Crippen LogP contribution < -0.4 is 0 Å². The second-order valence-corrected chi connectivity index (χ2v) is 4.71. The van der Waals surface area contributed by atoms with E-state index in [0.717, 1.165) is 30.7 Å². The third-order valence-corrected chi connectivity index (χ3v) is 3.39. The van der Waals surface area contributed by atoms with Crippen LogP contribution in [0.2, 0.25) is 0 Å². The molecule has 1 aliphatic rings. The lowest BCUT2D eigenvalue weighted by Crippen LogP contribution is -2.22. The van der Waals surface area contributed by atoms with Gasteiger partial charge in [0.1, 0.15) is 6.29 Å². The summed E-state index contributed by atoms with van der Waals surface area (Å²) in [7, 11) is 0. The first-order valence-corrected chi connectivity index (χ1v) is 6.38. The molecule has 0 unspecified atom stereocenters. The summed E-state index contributed by atoms with van der Waals surface area (Å²) in [6.07, 6.45) is 6.10. The van der Waals surface area contributed by atoms with Crippen LogP contribution in [-0.4, -0.2) is 45.4 Å². The quantitative estimate of drug-likeness (QED) is 0.758. The summed E-state index contributed by atoms with van der Waals surface area (Å²) in [5, 5.41) is 4.41. The predicted octanol–water partition coefficient (Wildman–Crippen LogP) is 1.18. The van der Waals surface area contributed by atoms with E-state index < -0.39 is 0 Å². The van der Waals surface area contributed by atoms with Gasteiger partial charge in [-0.15, -0.1) is 0 Å². The first-order chi connectivity index (χ1) is 8.85. The fourth-order valence-electron chi connectivity index (χ4n) is 2.39. The topological polar surface area (TPSA) is 50.5 Å². The number of likely N-dealkylation sites (tertiary alicyclic amines) is 1. The summed E-state index contributed by atoms with van der Waals surface area (Å²) >= 11 is 0. The highest BCUT2D eigenvalue weighted by molar-refractivity contribution is 5.76. The van der Waals surface area contributed by atoms with Gasteiger partial charge in [-0.05, 0) is 38.1 Å². The smallest absolute Gasteiger partial charge is 0.156 e. The van der Waals surface area contributed by atoms with Gasteiger partial charge in [0.2, 0.25) is 0 Å². The molecule has 5 nitrogen and oxygen atoms in total. The van der Waals surface area contributed by atoms with Crippen molar-refractivity contribution in [2.75, 3.05) is 19.6 Å². The Kier molecular flexibility index (Phi) is 3.06. The van der Waals surface area contributed by atoms with Gasteiger partial charge in [-0.2, -0.15) is 5.10 Å². The SMILES string of the molecule is O=Cc1ccn2nc(CCN3CCCC3)nc2c1. The fraction of sp³-hybridized carbons (Fsp3) is 0.462. The van der Waals surface area contributed by atoms with Gasteiger partial charge in [0.15, 0.2) is 11.5 Å². The number of hydrogen-bond donors (Lipinski definition) is 0. The largest absolute Gasteiger partial charge is 0.303 e. The Hall–Kier alpha value is -1.75. The van der Waals surface area contributed by atoms with Crippen LogP contribution in [0.4, 0.5) is 0 Å². The molecule has 1 fully saturated rings. The van der Waals surface area contributed by atoms with Crippen molar-refractivity contribution in [1.82, 2.24) is 19.5 Å². The molecule has 0 amide bonds. The zero-order chi connectivity index (χ0) is 12.4. The molecule has 1 aliphatic heterocycles. The van der Waals surface area contributed by atoms with Crippen LogP contribution in [0.1, 0.15) is 29.0 Å². The van der Waals surface area contributed by atoms with Gasteiger partial charge < -0.3 is 4.90 Å². The van der Waals surface area contributed by atoms with Crippen LogP contribution in [0.3, 0.4) is 0 Å². The molecule has 5 heteroatoms. The summed E-state index contributed by atoms with van der Waals surface area (Å²) < 4.78 is 1.73. The zero-order valence-corrected chi connectivity index (χ0v) is 10.2. The monoisotopic (exact) mass is 244 g/mol. The first-order valence-electron chi connectivity index (χ1n) is 6.38. The summed E-state index contributed by atoms with van der Waals surface area (Å²) in [4.78, 5) is 17.6. The van der Waals surface area contributed by atoms with E-state index in [2.05, 4.69) is 15.0 Å². The zero-order valence-electron chi connectivity index (χ0n) is 10.2. The van der Waals surface area contributed by atoms with Crippen molar-refractivity contribution >= 4 is 11.9 Å². The Labute approximate surface area is 105 Å². The van der Waals surface area contributed by atoms with Crippen LogP contribution >= 0.6 is 0 Å². The minimum absolute atomic E-state index is 0.640. The lowest BCUT2D eigenvalue weighted by Gasteiger charge is -2.12. The number of nitrogens with zero attached hydrogens (tertiary/aromatic N) is 4. The molecule has 2 aromatic rings. The summed E-state index contributed by atoms with van der Waals surface area (Å²) in [6, 6.07) is 3.51. The summed E-state index contributed by atoms with van der Waals surface area (Å²) in [5.41, 5.74) is 1.39. The predicted molar refractivity (Wildman–Crippen MR) is 67.8 cm³/mol. The van der Waals surface area contributed by atoms with E-state index in [0.29, 0.717) is 5.56 Å². The van der Waals surface area contributed by atoms with E-state index >= 15 is 0 Å². The number of hydrogen-bond acceptors (Lipinski definition) is 4. The van der Waals surface area contributed by atoms with Crippen LogP contribution in [-0.2, 0) is 6.42 Å². The van der Waals surface area contributed by atoms with E-state index in [9.17, 15) is 4.79 Å². The molecule has 0 atom stereocenters. The van der Waals surface area contributed by atoms with Crippen molar-refractivity contribution in [3.8, 4) is 0 Å². The molecule has 2 aromatic heterocycles. The number of carbonyl (C=O) groups is 1. The molecule has 94 valence electrons. The highest BCUT2D eigenvalue weighted by atomic mass is 16.1. The number of aldehydes is 1. The number of aromatic nitrogens is 3. The first kappa shape index (κ1) is 11.3. The molecule has 18 heavy (non-hydrogen) atoms. The van der Waals surface area contributed by atoms with Gasteiger partial charge in [-0.3, -0.25) is 4.79 Å². The van der Waals surface area contributed by atoms with Gasteiger partial charge in [0.05, 0.1) is 0 Å². The number of carbonyl (C=O) groups excluding carboxylic acids is 1. The fourth-order valence-corrected chi connectivity index (χ4v) is 2.39. The van der Waals surface area contributed by atoms with Gasteiger partial charge >= 0.3 is 0 Å². The van der Waals surface area contributed by atoms with Gasteiger partial charge in [-0.25, -0.2) is 9.50 Å². The molecule has 1 saturated heterocycles. The standard InChI is InChI=1S/C13H16N4O/c18-10-11-3-8-17-13(9-11)14-12(15-17)4-7-16-5-1-2-6-16/h3,8-10H,1-2,4-7H2. The van der Waals surface area contributed by atoms with Crippen LogP contribution in [0.15, 0.2) is 18.3 Å². The van der Waals surface area contributed by atoms with Crippen molar-refractivity contribution in [2.45, 2.75) is 19.3 Å². The van der Waals surface area contributed by atoms with Crippen LogP contribution in [0, 0.1) is 0 Å². The van der Waals surface area contributed by atoms with Gasteiger partial charge in [0, 0.05) is 24.7 Å². The molecule has 0 radical (unpaired) electrons. The highest BCUT2D eigenvalue weighted by Crippen LogP contribution is 2.09. The third-order valence-electron chi connectivity index (χ3n) is 3.39. The lowest BCUT2D eigenvalue weighted by atomic mass is 10.3. The second-order valence-electron chi connectivity index (χ2n) is 4.71. The average Bonchev–Trinajstić information content (AvgIpc) is 3.04. The maximum Gasteiger partial charge on any atom is 0.156 e. The Morgan fingerprint density at radius 3 is 2.94 bits per heavy atom. The maximum absolute atomic E-state index is 10.7. The molecule has 0 bridgehead atoms. The van der Waals surface area contributed by atoms with Gasteiger partial charge in [-0.1, -0.05) is 0 Å². The normalized spacial score (nSPS) is 16.4. The van der Waals surface area contributed by atoms with E-state index in [-0.39, 0.29) is 0 Å². The maximum atomic E-state index is 10.7. The molecule has 3 heterocycles. The van der Waals surface area contributed by atoms with Crippen LogP contribution in [0.25, 0.3) is 5.65 Å².